The third-order valence-corrected chi connectivity index (χ3v) is 7.32. The van der Waals surface area contributed by atoms with Crippen LogP contribution in [0.4, 0.5) is 8.78 Å². The van der Waals surface area contributed by atoms with Gasteiger partial charge in [-0.2, -0.15) is 0 Å². The Morgan fingerprint density at radius 1 is 0.931 bits per heavy atom. The Morgan fingerprint density at radius 3 is 2.24 bits per heavy atom. The molecule has 0 unspecified atom stereocenters. The summed E-state index contributed by atoms with van der Waals surface area (Å²) in [5, 5.41) is 9.12. The van der Waals surface area contributed by atoms with Crippen molar-refractivity contribution in [2.75, 3.05) is 0 Å². The predicted octanol–water partition coefficient (Wildman–Crippen LogP) is 5.05. The van der Waals surface area contributed by atoms with Crippen LogP contribution in [0.2, 0.25) is 0 Å². The molecule has 0 radical (unpaired) electrons. The van der Waals surface area contributed by atoms with E-state index in [9.17, 15) is 8.78 Å². The first kappa shape index (κ1) is 17.4. The Labute approximate surface area is 167 Å². The minimum absolute atomic E-state index is 0.0429. The monoisotopic (exact) mass is 395 g/mol. The SMILES string of the molecule is Fc1cccc(F)c1OCc1cccn2c(C34CC5CC(CC(C5)C3)C4)nnc12. The summed E-state index contributed by atoms with van der Waals surface area (Å²) in [6.45, 7) is 0.0429. The molecular formula is C23H23F2N3O. The number of pyridine rings is 1. The molecule has 29 heavy (non-hydrogen) atoms. The molecule has 6 heteroatoms. The van der Waals surface area contributed by atoms with Gasteiger partial charge in [-0.05, 0) is 74.5 Å². The number of nitrogens with zero attached hydrogens (tertiary/aromatic N) is 3. The van der Waals surface area contributed by atoms with Gasteiger partial charge in [0.15, 0.2) is 23.0 Å². The van der Waals surface area contributed by atoms with E-state index < -0.39 is 11.6 Å². The molecule has 0 atom stereocenters. The minimum Gasteiger partial charge on any atom is -0.483 e. The number of ether oxygens (including phenoxy) is 1. The molecule has 4 aliphatic rings. The molecule has 4 saturated carbocycles. The van der Waals surface area contributed by atoms with Crippen molar-refractivity contribution in [1.29, 1.82) is 0 Å². The average Bonchev–Trinajstić information content (AvgIpc) is 3.12. The Hall–Kier alpha value is -2.50. The number of hydrogen-bond acceptors (Lipinski definition) is 3. The maximum absolute atomic E-state index is 13.9. The van der Waals surface area contributed by atoms with Gasteiger partial charge in [0, 0.05) is 17.2 Å². The number of aromatic nitrogens is 3. The van der Waals surface area contributed by atoms with Crippen LogP contribution < -0.4 is 4.74 Å². The van der Waals surface area contributed by atoms with E-state index in [2.05, 4.69) is 14.6 Å². The second-order valence-electron chi connectivity index (χ2n) is 9.29. The summed E-state index contributed by atoms with van der Waals surface area (Å²) in [4.78, 5) is 0. The standard InChI is InChI=1S/C23H23F2N3O/c24-18-4-1-5-19(25)20(18)29-13-17-3-2-6-28-21(17)26-27-22(28)23-10-14-7-15(11-23)9-16(8-14)12-23/h1-6,14-16H,7-13H2. The smallest absolute Gasteiger partial charge is 0.191 e. The highest BCUT2D eigenvalue weighted by molar-refractivity contribution is 5.48. The van der Waals surface area contributed by atoms with Crippen LogP contribution in [0.3, 0.4) is 0 Å². The molecule has 1 aromatic carbocycles. The Kier molecular flexibility index (Phi) is 3.74. The van der Waals surface area contributed by atoms with Crippen molar-refractivity contribution in [2.45, 2.75) is 50.5 Å². The summed E-state index contributed by atoms with van der Waals surface area (Å²) >= 11 is 0. The third kappa shape index (κ3) is 2.68. The van der Waals surface area contributed by atoms with Gasteiger partial charge in [-0.25, -0.2) is 8.78 Å². The lowest BCUT2D eigenvalue weighted by Crippen LogP contribution is -2.49. The van der Waals surface area contributed by atoms with Crippen LogP contribution in [0.15, 0.2) is 36.5 Å². The second kappa shape index (κ2) is 6.25. The van der Waals surface area contributed by atoms with Crippen LogP contribution in [0.25, 0.3) is 5.65 Å². The maximum atomic E-state index is 13.9. The zero-order valence-electron chi connectivity index (χ0n) is 16.2. The molecule has 7 rings (SSSR count). The molecule has 4 fully saturated rings. The van der Waals surface area contributed by atoms with Gasteiger partial charge < -0.3 is 4.74 Å². The highest BCUT2D eigenvalue weighted by Crippen LogP contribution is 2.60. The van der Waals surface area contributed by atoms with Gasteiger partial charge in [0.05, 0.1) is 0 Å². The molecule has 4 nitrogen and oxygen atoms in total. The lowest BCUT2D eigenvalue weighted by molar-refractivity contribution is -0.00984. The molecule has 3 aromatic rings. The molecule has 2 aromatic heterocycles. The molecule has 150 valence electrons. The van der Waals surface area contributed by atoms with Crippen molar-refractivity contribution in [3.05, 3.63) is 59.6 Å². The zero-order valence-corrected chi connectivity index (χ0v) is 16.2. The van der Waals surface area contributed by atoms with E-state index in [4.69, 9.17) is 4.74 Å². The summed E-state index contributed by atoms with van der Waals surface area (Å²) in [6, 6.07) is 7.54. The van der Waals surface area contributed by atoms with Gasteiger partial charge in [0.25, 0.3) is 0 Å². The summed E-state index contributed by atoms with van der Waals surface area (Å²) in [5.41, 5.74) is 1.62. The first-order valence-electron chi connectivity index (χ1n) is 10.5. The molecule has 4 bridgehead atoms. The van der Waals surface area contributed by atoms with Gasteiger partial charge in [-0.1, -0.05) is 12.1 Å². The minimum atomic E-state index is -0.701. The highest BCUT2D eigenvalue weighted by atomic mass is 19.1. The third-order valence-electron chi connectivity index (χ3n) is 7.32. The van der Waals surface area contributed by atoms with E-state index in [0.717, 1.165) is 34.8 Å². The quantitative estimate of drug-likeness (QED) is 0.620. The summed E-state index contributed by atoms with van der Waals surface area (Å²) in [5.74, 6) is 1.78. The van der Waals surface area contributed by atoms with E-state index in [1.807, 2.05) is 18.3 Å². The lowest BCUT2D eigenvalue weighted by atomic mass is 9.49. The summed E-state index contributed by atoms with van der Waals surface area (Å²) in [6.07, 6.45) is 9.77. The van der Waals surface area contributed by atoms with Crippen molar-refractivity contribution in [3.8, 4) is 5.75 Å². The number of fused-ring (bicyclic) bond motifs is 1. The molecular weight excluding hydrogens is 372 g/mol. The zero-order chi connectivity index (χ0) is 19.6. The number of rotatable bonds is 4. The number of para-hydroxylation sites is 1. The molecule has 4 aliphatic carbocycles. The van der Waals surface area contributed by atoms with Crippen molar-refractivity contribution in [3.63, 3.8) is 0 Å². The first-order valence-corrected chi connectivity index (χ1v) is 10.5. The fourth-order valence-electron chi connectivity index (χ4n) is 6.60. The Balaban J connectivity index is 1.35. The molecule has 0 spiro atoms. The van der Waals surface area contributed by atoms with Crippen LogP contribution in [0, 0.1) is 29.4 Å². The number of hydrogen-bond donors (Lipinski definition) is 0. The molecule has 0 amide bonds. The lowest BCUT2D eigenvalue weighted by Gasteiger charge is -2.55. The predicted molar refractivity (Wildman–Crippen MR) is 104 cm³/mol. The number of halogens is 2. The molecule has 0 aliphatic heterocycles. The highest BCUT2D eigenvalue weighted by Gasteiger charge is 2.53. The van der Waals surface area contributed by atoms with Crippen molar-refractivity contribution < 1.29 is 13.5 Å². The van der Waals surface area contributed by atoms with Gasteiger partial charge in [-0.3, -0.25) is 4.40 Å². The summed E-state index contributed by atoms with van der Waals surface area (Å²) in [7, 11) is 0. The first-order chi connectivity index (χ1) is 14.1. The van der Waals surface area contributed by atoms with Crippen molar-refractivity contribution >= 4 is 5.65 Å². The van der Waals surface area contributed by atoms with Crippen LogP contribution in [0.1, 0.15) is 49.9 Å². The van der Waals surface area contributed by atoms with E-state index in [1.165, 1.54) is 56.7 Å². The van der Waals surface area contributed by atoms with Crippen LogP contribution in [-0.4, -0.2) is 14.6 Å². The van der Waals surface area contributed by atoms with E-state index in [1.54, 1.807) is 0 Å². The topological polar surface area (TPSA) is 39.4 Å². The van der Waals surface area contributed by atoms with E-state index in [0.29, 0.717) is 0 Å². The van der Waals surface area contributed by atoms with Crippen molar-refractivity contribution in [2.24, 2.45) is 17.8 Å². The fraction of sp³-hybridized carbons (Fsp3) is 0.478. The van der Waals surface area contributed by atoms with Crippen molar-refractivity contribution in [1.82, 2.24) is 14.6 Å². The van der Waals surface area contributed by atoms with Crippen LogP contribution in [0.5, 0.6) is 5.75 Å². The fourth-order valence-corrected chi connectivity index (χ4v) is 6.60. The molecule has 0 N–H and O–H groups in total. The van der Waals surface area contributed by atoms with E-state index >= 15 is 0 Å². The van der Waals surface area contributed by atoms with Gasteiger partial charge in [0.1, 0.15) is 12.4 Å². The van der Waals surface area contributed by atoms with Crippen LogP contribution >= 0.6 is 0 Å². The average molecular weight is 395 g/mol. The van der Waals surface area contributed by atoms with Gasteiger partial charge in [-0.15, -0.1) is 10.2 Å². The normalized spacial score (nSPS) is 30.2. The number of benzene rings is 1. The molecule has 0 saturated heterocycles. The second-order valence-corrected chi connectivity index (χ2v) is 9.29. The molecule has 2 heterocycles. The largest absolute Gasteiger partial charge is 0.483 e. The van der Waals surface area contributed by atoms with Gasteiger partial charge >= 0.3 is 0 Å². The van der Waals surface area contributed by atoms with E-state index in [-0.39, 0.29) is 17.8 Å². The summed E-state index contributed by atoms with van der Waals surface area (Å²) < 4.78 is 35.4. The van der Waals surface area contributed by atoms with Gasteiger partial charge in [0.2, 0.25) is 0 Å². The maximum Gasteiger partial charge on any atom is 0.191 e. The Bertz CT molecular complexity index is 1040. The Morgan fingerprint density at radius 2 is 1.59 bits per heavy atom. The van der Waals surface area contributed by atoms with Crippen LogP contribution in [-0.2, 0) is 12.0 Å².